The van der Waals surface area contributed by atoms with Crippen LogP contribution < -0.4 is 0 Å². The zero-order valence-electron chi connectivity index (χ0n) is 19.4. The Bertz CT molecular complexity index is 1340. The first-order chi connectivity index (χ1) is 16.5. The summed E-state index contributed by atoms with van der Waals surface area (Å²) in [6.07, 6.45) is 3.61. The molecule has 4 aromatic rings. The lowest BCUT2D eigenvalue weighted by Crippen LogP contribution is -2.30. The fourth-order valence-electron chi connectivity index (χ4n) is 3.69. The van der Waals surface area contributed by atoms with Gasteiger partial charge in [0.25, 0.3) is 0 Å². The fraction of sp³-hybridized carbons (Fsp3) is 0.240. The number of para-hydroxylation sites is 1. The van der Waals surface area contributed by atoms with E-state index in [0.717, 1.165) is 16.4 Å². The van der Waals surface area contributed by atoms with Crippen LogP contribution in [0, 0.1) is 0 Å². The third-order valence-electron chi connectivity index (χ3n) is 5.52. The van der Waals surface area contributed by atoms with Gasteiger partial charge in [-0.25, -0.2) is 8.42 Å². The fourth-order valence-corrected chi connectivity index (χ4v) is 6.18. The predicted molar refractivity (Wildman–Crippen MR) is 135 cm³/mol. The van der Waals surface area contributed by atoms with Gasteiger partial charge in [0.2, 0.25) is 10.0 Å². The van der Waals surface area contributed by atoms with E-state index in [1.807, 2.05) is 73.1 Å². The van der Waals surface area contributed by atoms with Gasteiger partial charge >= 0.3 is 0 Å². The standard InChI is InChI=1S/C25H27N5O2S2/c1-4-29(5-2)34(31,32)23-15-9-11-20(17-23)24-27-28-25(30(24)22-13-7-6-8-14-22)33-19(3)21-12-10-16-26-18-21/h6-19H,4-5H2,1-3H3. The lowest BCUT2D eigenvalue weighted by Gasteiger charge is -2.19. The molecule has 0 saturated heterocycles. The molecule has 0 spiro atoms. The van der Waals surface area contributed by atoms with Crippen molar-refractivity contribution in [3.8, 4) is 17.1 Å². The van der Waals surface area contributed by atoms with Crippen LogP contribution in [0.3, 0.4) is 0 Å². The number of hydrogen-bond donors (Lipinski definition) is 0. The number of thioether (sulfide) groups is 1. The summed E-state index contributed by atoms with van der Waals surface area (Å²) in [5, 5.41) is 9.79. The van der Waals surface area contributed by atoms with Crippen LogP contribution in [-0.2, 0) is 10.0 Å². The maximum atomic E-state index is 13.1. The van der Waals surface area contributed by atoms with E-state index >= 15 is 0 Å². The second kappa shape index (κ2) is 10.5. The summed E-state index contributed by atoms with van der Waals surface area (Å²) < 4.78 is 29.6. The zero-order chi connectivity index (χ0) is 24.1. The first kappa shape index (κ1) is 24.1. The van der Waals surface area contributed by atoms with Crippen LogP contribution >= 0.6 is 11.8 Å². The van der Waals surface area contributed by atoms with Gasteiger partial charge in [0.15, 0.2) is 11.0 Å². The van der Waals surface area contributed by atoms with Crippen molar-refractivity contribution in [3.63, 3.8) is 0 Å². The number of pyridine rings is 1. The Balaban J connectivity index is 1.79. The van der Waals surface area contributed by atoms with Crippen molar-refractivity contribution >= 4 is 21.8 Å². The van der Waals surface area contributed by atoms with Crippen LogP contribution in [-0.4, -0.2) is 45.6 Å². The van der Waals surface area contributed by atoms with E-state index in [1.165, 1.54) is 4.31 Å². The first-order valence-electron chi connectivity index (χ1n) is 11.1. The van der Waals surface area contributed by atoms with Gasteiger partial charge in [-0.3, -0.25) is 9.55 Å². The molecular weight excluding hydrogens is 466 g/mol. The molecule has 0 aliphatic rings. The normalized spacial score (nSPS) is 12.7. The molecule has 4 rings (SSSR count). The Morgan fingerprint density at radius 1 is 0.971 bits per heavy atom. The van der Waals surface area contributed by atoms with Gasteiger partial charge in [0.1, 0.15) is 0 Å². The molecule has 7 nitrogen and oxygen atoms in total. The van der Waals surface area contributed by atoms with Gasteiger partial charge in [0.05, 0.1) is 4.90 Å². The Morgan fingerprint density at radius 2 is 1.74 bits per heavy atom. The summed E-state index contributed by atoms with van der Waals surface area (Å²) >= 11 is 1.58. The van der Waals surface area contributed by atoms with E-state index in [9.17, 15) is 8.42 Å². The van der Waals surface area contributed by atoms with Gasteiger partial charge < -0.3 is 0 Å². The summed E-state index contributed by atoms with van der Waals surface area (Å²) in [5.74, 6) is 0.587. The summed E-state index contributed by atoms with van der Waals surface area (Å²) in [7, 11) is -3.59. The van der Waals surface area contributed by atoms with Crippen LogP contribution in [0.15, 0.2) is 89.2 Å². The van der Waals surface area contributed by atoms with E-state index < -0.39 is 10.0 Å². The first-order valence-corrected chi connectivity index (χ1v) is 13.5. The second-order valence-corrected chi connectivity index (χ2v) is 10.9. The smallest absolute Gasteiger partial charge is 0.243 e. The molecule has 1 atom stereocenters. The minimum absolute atomic E-state index is 0.0996. The Morgan fingerprint density at radius 3 is 2.41 bits per heavy atom. The molecule has 2 aromatic carbocycles. The quantitative estimate of drug-likeness (QED) is 0.298. The average Bonchev–Trinajstić information content (AvgIpc) is 3.29. The van der Waals surface area contributed by atoms with E-state index in [2.05, 4.69) is 22.1 Å². The van der Waals surface area contributed by atoms with Crippen LogP contribution in [0.5, 0.6) is 0 Å². The number of rotatable bonds is 9. The number of nitrogens with zero attached hydrogens (tertiary/aromatic N) is 5. The van der Waals surface area contributed by atoms with E-state index in [-0.39, 0.29) is 10.1 Å². The van der Waals surface area contributed by atoms with Gasteiger partial charge in [-0.15, -0.1) is 10.2 Å². The average molecular weight is 494 g/mol. The molecule has 0 N–H and O–H groups in total. The molecule has 0 radical (unpaired) electrons. The molecule has 0 amide bonds. The van der Waals surface area contributed by atoms with Crippen molar-refractivity contribution in [2.24, 2.45) is 0 Å². The lowest BCUT2D eigenvalue weighted by atomic mass is 10.2. The van der Waals surface area contributed by atoms with Gasteiger partial charge in [-0.1, -0.05) is 62.0 Å². The van der Waals surface area contributed by atoms with Gasteiger partial charge in [0, 0.05) is 42.0 Å². The molecular formula is C25H27N5O2S2. The number of benzene rings is 2. The summed E-state index contributed by atoms with van der Waals surface area (Å²) in [6, 6.07) is 20.7. The van der Waals surface area contributed by atoms with Crippen LogP contribution in [0.25, 0.3) is 17.1 Å². The summed E-state index contributed by atoms with van der Waals surface area (Å²) in [4.78, 5) is 4.47. The molecule has 9 heteroatoms. The third kappa shape index (κ3) is 4.91. The van der Waals surface area contributed by atoms with Crippen molar-refractivity contribution in [3.05, 3.63) is 84.7 Å². The Kier molecular flexibility index (Phi) is 7.45. The van der Waals surface area contributed by atoms with Crippen LogP contribution in [0.4, 0.5) is 0 Å². The highest BCUT2D eigenvalue weighted by Crippen LogP contribution is 2.37. The van der Waals surface area contributed by atoms with Crippen LogP contribution in [0.2, 0.25) is 0 Å². The largest absolute Gasteiger partial charge is 0.270 e. The van der Waals surface area contributed by atoms with Crippen molar-refractivity contribution in [2.45, 2.75) is 36.1 Å². The van der Waals surface area contributed by atoms with Crippen molar-refractivity contribution in [1.82, 2.24) is 24.1 Å². The van der Waals surface area contributed by atoms with Crippen molar-refractivity contribution in [1.29, 1.82) is 0 Å². The molecule has 34 heavy (non-hydrogen) atoms. The molecule has 176 valence electrons. The van der Waals surface area contributed by atoms with Crippen molar-refractivity contribution in [2.75, 3.05) is 13.1 Å². The predicted octanol–water partition coefficient (Wildman–Crippen LogP) is 5.21. The molecule has 2 aromatic heterocycles. The highest BCUT2D eigenvalue weighted by Gasteiger charge is 2.24. The molecule has 0 aliphatic heterocycles. The molecule has 0 bridgehead atoms. The highest BCUT2D eigenvalue weighted by atomic mass is 32.2. The monoisotopic (exact) mass is 493 g/mol. The van der Waals surface area contributed by atoms with Gasteiger partial charge in [-0.2, -0.15) is 4.31 Å². The summed E-state index contributed by atoms with van der Waals surface area (Å²) in [5.41, 5.74) is 2.68. The van der Waals surface area contributed by atoms with Gasteiger partial charge in [-0.05, 0) is 42.8 Å². The number of hydrogen-bond acceptors (Lipinski definition) is 6. The topological polar surface area (TPSA) is 81.0 Å². The summed E-state index contributed by atoms with van der Waals surface area (Å²) in [6.45, 7) is 6.60. The molecule has 1 unspecified atom stereocenters. The molecule has 0 fully saturated rings. The van der Waals surface area contributed by atoms with E-state index in [0.29, 0.717) is 24.5 Å². The third-order valence-corrected chi connectivity index (χ3v) is 8.67. The maximum absolute atomic E-state index is 13.1. The minimum atomic E-state index is -3.59. The Hall–Kier alpha value is -3.01. The maximum Gasteiger partial charge on any atom is 0.243 e. The highest BCUT2D eigenvalue weighted by molar-refractivity contribution is 7.99. The van der Waals surface area contributed by atoms with E-state index in [4.69, 9.17) is 0 Å². The second-order valence-electron chi connectivity index (χ2n) is 7.64. The van der Waals surface area contributed by atoms with E-state index in [1.54, 1.807) is 36.2 Å². The molecule has 0 saturated carbocycles. The number of aromatic nitrogens is 4. The molecule has 0 aliphatic carbocycles. The number of sulfonamides is 1. The minimum Gasteiger partial charge on any atom is -0.270 e. The molecule has 2 heterocycles. The Labute approximate surface area is 204 Å². The van der Waals surface area contributed by atoms with Crippen molar-refractivity contribution < 1.29 is 8.42 Å². The zero-order valence-corrected chi connectivity index (χ0v) is 21.0. The van der Waals surface area contributed by atoms with Crippen LogP contribution in [0.1, 0.15) is 31.6 Å². The lowest BCUT2D eigenvalue weighted by molar-refractivity contribution is 0.445. The SMILES string of the molecule is CCN(CC)S(=O)(=O)c1cccc(-c2nnc(SC(C)c3cccnc3)n2-c2ccccc2)c1.